The maximum atomic E-state index is 10.4. The second kappa shape index (κ2) is 5.88. The summed E-state index contributed by atoms with van der Waals surface area (Å²) in [6.45, 7) is 0. The van der Waals surface area contributed by atoms with Crippen LogP contribution in [0.5, 0.6) is 0 Å². The molecular formula is C18H16O3Si2. The van der Waals surface area contributed by atoms with Gasteiger partial charge in [0, 0.05) is 0 Å². The van der Waals surface area contributed by atoms with Crippen molar-refractivity contribution in [2.24, 2.45) is 0 Å². The Hall–Kier alpha value is -2.03. The predicted molar refractivity (Wildman–Crippen MR) is 99.8 cm³/mol. The van der Waals surface area contributed by atoms with Gasteiger partial charge in [-0.2, -0.15) is 0 Å². The van der Waals surface area contributed by atoms with E-state index in [1.807, 2.05) is 30.3 Å². The maximum Gasteiger partial charge on any atom is 0.344 e. The molecule has 1 unspecified atom stereocenters. The molecule has 1 atom stereocenters. The van der Waals surface area contributed by atoms with E-state index >= 15 is 0 Å². The second-order valence-electron chi connectivity index (χ2n) is 5.58. The number of rotatable bonds is 3. The van der Waals surface area contributed by atoms with Crippen molar-refractivity contribution >= 4 is 56.8 Å². The summed E-state index contributed by atoms with van der Waals surface area (Å²) >= 11 is 0. The molecule has 114 valence electrons. The Morgan fingerprint density at radius 1 is 0.783 bits per heavy atom. The van der Waals surface area contributed by atoms with E-state index in [9.17, 15) is 4.80 Å². The third kappa shape index (κ3) is 2.48. The van der Waals surface area contributed by atoms with Crippen LogP contribution in [0.2, 0.25) is 0 Å². The third-order valence-corrected chi connectivity index (χ3v) is 7.13. The van der Waals surface area contributed by atoms with Gasteiger partial charge in [0.25, 0.3) is 10.0 Å². The fourth-order valence-corrected chi connectivity index (χ4v) is 5.32. The van der Waals surface area contributed by atoms with Gasteiger partial charge in [0.2, 0.25) is 0 Å². The molecule has 0 saturated heterocycles. The number of hydrogen-bond acceptors (Lipinski definition) is 3. The van der Waals surface area contributed by atoms with Gasteiger partial charge >= 0.3 is 9.28 Å². The molecule has 0 amide bonds. The van der Waals surface area contributed by atoms with Gasteiger partial charge in [0.1, 0.15) is 0 Å². The van der Waals surface area contributed by atoms with E-state index in [4.69, 9.17) is 8.91 Å². The van der Waals surface area contributed by atoms with Gasteiger partial charge in [-0.1, -0.05) is 54.6 Å². The lowest BCUT2D eigenvalue weighted by Crippen LogP contribution is -2.35. The molecule has 3 nitrogen and oxygen atoms in total. The molecule has 0 heterocycles. The molecule has 4 aromatic carbocycles. The highest BCUT2D eigenvalue weighted by Crippen LogP contribution is 2.28. The van der Waals surface area contributed by atoms with Crippen molar-refractivity contribution in [3.63, 3.8) is 0 Å². The van der Waals surface area contributed by atoms with Gasteiger partial charge in [0.15, 0.2) is 0 Å². The molecular weight excluding hydrogens is 320 g/mol. The molecule has 0 saturated carbocycles. The lowest BCUT2D eigenvalue weighted by atomic mass is 9.98. The Labute approximate surface area is 137 Å². The molecule has 0 bridgehead atoms. The van der Waals surface area contributed by atoms with Crippen LogP contribution in [-0.4, -0.2) is 28.9 Å². The van der Waals surface area contributed by atoms with E-state index in [1.165, 1.54) is 10.8 Å². The monoisotopic (exact) mass is 336 g/mol. The van der Waals surface area contributed by atoms with Crippen LogP contribution in [0.3, 0.4) is 0 Å². The summed E-state index contributed by atoms with van der Waals surface area (Å²) in [6, 6.07) is 22.7. The van der Waals surface area contributed by atoms with Gasteiger partial charge in [-0.15, -0.1) is 0 Å². The van der Waals surface area contributed by atoms with Gasteiger partial charge in [0.05, 0.1) is 0 Å². The average molecular weight is 336 g/mol. The molecule has 0 fully saturated rings. The Kier molecular flexibility index (Phi) is 3.72. The van der Waals surface area contributed by atoms with Crippen LogP contribution in [0, 0.1) is 0 Å². The normalized spacial score (nSPS) is 13.5. The molecule has 0 aliphatic heterocycles. The van der Waals surface area contributed by atoms with Crippen LogP contribution in [0.4, 0.5) is 0 Å². The third-order valence-electron chi connectivity index (χ3n) is 4.26. The summed E-state index contributed by atoms with van der Waals surface area (Å²) in [6.07, 6.45) is 0. The standard InChI is InChI=1S/C18H16O3Si2/c19-22-21-23(20)17-7-3-6-12-8-9-15-10-13-4-1-2-5-14(13)11-16(15)18(12)17/h1-11,19-20,23H,22H2. The summed E-state index contributed by atoms with van der Waals surface area (Å²) in [4.78, 5) is 19.5. The molecule has 0 aliphatic rings. The average Bonchev–Trinajstić information content (AvgIpc) is 2.59. The Morgan fingerprint density at radius 2 is 1.48 bits per heavy atom. The Morgan fingerprint density at radius 3 is 2.26 bits per heavy atom. The summed E-state index contributed by atoms with van der Waals surface area (Å²) in [5.74, 6) is 0. The largest absolute Gasteiger partial charge is 0.418 e. The molecule has 23 heavy (non-hydrogen) atoms. The van der Waals surface area contributed by atoms with Gasteiger partial charge in [-0.05, 0) is 49.6 Å². The van der Waals surface area contributed by atoms with E-state index < -0.39 is 19.3 Å². The first-order valence-corrected chi connectivity index (χ1v) is 10.3. The van der Waals surface area contributed by atoms with Crippen LogP contribution >= 0.6 is 0 Å². The molecule has 0 aliphatic carbocycles. The summed E-state index contributed by atoms with van der Waals surface area (Å²) in [5, 5.41) is 7.60. The fourth-order valence-electron chi connectivity index (χ4n) is 3.20. The molecule has 5 heteroatoms. The van der Waals surface area contributed by atoms with Crippen molar-refractivity contribution < 1.29 is 13.7 Å². The zero-order chi connectivity index (χ0) is 15.8. The smallest absolute Gasteiger partial charge is 0.344 e. The topological polar surface area (TPSA) is 49.7 Å². The summed E-state index contributed by atoms with van der Waals surface area (Å²) in [5.41, 5.74) is 0. The Bertz CT molecular complexity index is 1020. The molecule has 0 aromatic heterocycles. The summed E-state index contributed by atoms with van der Waals surface area (Å²) < 4.78 is 5.26. The van der Waals surface area contributed by atoms with Gasteiger partial charge in [-0.25, -0.2) is 0 Å². The Balaban J connectivity index is 2.11. The molecule has 0 radical (unpaired) electrons. The minimum atomic E-state index is -2.57. The van der Waals surface area contributed by atoms with E-state index in [0.29, 0.717) is 0 Å². The van der Waals surface area contributed by atoms with Crippen molar-refractivity contribution in [1.82, 2.24) is 0 Å². The van der Waals surface area contributed by atoms with Crippen molar-refractivity contribution in [2.45, 2.75) is 0 Å². The number of hydrogen-bond donors (Lipinski definition) is 2. The number of benzene rings is 4. The fraction of sp³-hybridized carbons (Fsp3) is 0. The molecule has 2 N–H and O–H groups in total. The maximum absolute atomic E-state index is 10.4. The first-order valence-electron chi connectivity index (χ1n) is 7.52. The van der Waals surface area contributed by atoms with Gasteiger partial charge in [-0.3, -0.25) is 0 Å². The highest BCUT2D eigenvalue weighted by molar-refractivity contribution is 6.67. The van der Waals surface area contributed by atoms with E-state index in [0.717, 1.165) is 26.7 Å². The zero-order valence-electron chi connectivity index (χ0n) is 12.4. The van der Waals surface area contributed by atoms with Crippen LogP contribution in [0.15, 0.2) is 66.7 Å². The van der Waals surface area contributed by atoms with Crippen molar-refractivity contribution in [2.75, 3.05) is 0 Å². The van der Waals surface area contributed by atoms with Crippen molar-refractivity contribution in [3.8, 4) is 0 Å². The minimum Gasteiger partial charge on any atom is -0.418 e. The van der Waals surface area contributed by atoms with Crippen LogP contribution < -0.4 is 5.19 Å². The van der Waals surface area contributed by atoms with E-state index in [1.54, 1.807) is 0 Å². The summed E-state index contributed by atoms with van der Waals surface area (Å²) in [7, 11) is -4.19. The molecule has 4 aromatic rings. The first-order chi connectivity index (χ1) is 11.3. The van der Waals surface area contributed by atoms with Crippen LogP contribution in [-0.2, 0) is 4.12 Å². The SMILES string of the molecule is O[SiH2]O[SiH](O)c1cccc2ccc3cc4ccccc4cc3c12. The highest BCUT2D eigenvalue weighted by Gasteiger charge is 2.16. The van der Waals surface area contributed by atoms with Crippen LogP contribution in [0.1, 0.15) is 0 Å². The lowest BCUT2D eigenvalue weighted by Gasteiger charge is -2.14. The van der Waals surface area contributed by atoms with Gasteiger partial charge < -0.3 is 13.7 Å². The highest BCUT2D eigenvalue weighted by atomic mass is 28.4. The minimum absolute atomic E-state index is 0.838. The molecule has 0 spiro atoms. The lowest BCUT2D eigenvalue weighted by molar-refractivity contribution is 0.393. The van der Waals surface area contributed by atoms with Crippen molar-refractivity contribution in [1.29, 1.82) is 0 Å². The number of fused-ring (bicyclic) bond motifs is 4. The first kappa shape index (κ1) is 14.6. The second-order valence-corrected chi connectivity index (χ2v) is 8.50. The van der Waals surface area contributed by atoms with E-state index in [2.05, 4.69) is 36.4 Å². The van der Waals surface area contributed by atoms with E-state index in [-0.39, 0.29) is 0 Å². The van der Waals surface area contributed by atoms with Crippen LogP contribution in [0.25, 0.3) is 32.3 Å². The predicted octanol–water partition coefficient (Wildman–Crippen LogP) is 1.57. The van der Waals surface area contributed by atoms with Crippen molar-refractivity contribution in [3.05, 3.63) is 66.7 Å². The quantitative estimate of drug-likeness (QED) is 0.339. The zero-order valence-corrected chi connectivity index (χ0v) is 15.0. The molecule has 4 rings (SSSR count).